The van der Waals surface area contributed by atoms with Crippen LogP contribution in [0.3, 0.4) is 0 Å². The molecule has 5 nitrogen and oxygen atoms in total. The van der Waals surface area contributed by atoms with Gasteiger partial charge in [-0.05, 0) is 54.5 Å². The van der Waals surface area contributed by atoms with Crippen LogP contribution in [0.25, 0.3) is 11.8 Å². The minimum atomic E-state index is -0.325. The van der Waals surface area contributed by atoms with E-state index in [-0.39, 0.29) is 6.10 Å². The van der Waals surface area contributed by atoms with Crippen molar-refractivity contribution in [2.75, 3.05) is 28.4 Å². The maximum absolute atomic E-state index is 6.51. The van der Waals surface area contributed by atoms with Crippen LogP contribution >= 0.6 is 0 Å². The van der Waals surface area contributed by atoms with E-state index in [2.05, 4.69) is 6.07 Å². The third kappa shape index (κ3) is 4.04. The van der Waals surface area contributed by atoms with E-state index in [9.17, 15) is 0 Å². The Bertz CT molecular complexity index is 1120. The molecule has 3 aromatic carbocycles. The smallest absolute Gasteiger partial charge is 0.153 e. The van der Waals surface area contributed by atoms with E-state index in [4.69, 9.17) is 23.7 Å². The van der Waals surface area contributed by atoms with Crippen LogP contribution in [0.1, 0.15) is 33.9 Å². The van der Waals surface area contributed by atoms with E-state index in [1.165, 1.54) is 0 Å². The molecule has 3 aromatic rings. The van der Waals surface area contributed by atoms with E-state index in [1.807, 2.05) is 61.5 Å². The van der Waals surface area contributed by atoms with Crippen molar-refractivity contribution in [1.82, 2.24) is 0 Å². The van der Waals surface area contributed by atoms with Gasteiger partial charge < -0.3 is 23.7 Å². The second kappa shape index (κ2) is 8.64. The van der Waals surface area contributed by atoms with E-state index < -0.39 is 0 Å². The van der Waals surface area contributed by atoms with Gasteiger partial charge in [0.25, 0.3) is 0 Å². The lowest BCUT2D eigenvalue weighted by Gasteiger charge is -2.17. The molecule has 0 aliphatic carbocycles. The van der Waals surface area contributed by atoms with Crippen LogP contribution in [0.2, 0.25) is 0 Å². The fraction of sp³-hybridized carbons (Fsp3) is 0.231. The summed E-state index contributed by atoms with van der Waals surface area (Å²) in [7, 11) is 6.63. The maximum atomic E-state index is 6.51. The Morgan fingerprint density at radius 2 is 1.42 bits per heavy atom. The Hall–Kier alpha value is -3.60. The van der Waals surface area contributed by atoms with Crippen LogP contribution in [0.15, 0.2) is 54.6 Å². The molecule has 0 amide bonds. The average molecular weight is 418 g/mol. The fourth-order valence-corrected chi connectivity index (χ4v) is 3.86. The van der Waals surface area contributed by atoms with Crippen LogP contribution in [-0.2, 0) is 4.74 Å². The lowest BCUT2D eigenvalue weighted by atomic mass is 9.95. The molecule has 0 aromatic heterocycles. The topological polar surface area (TPSA) is 46.2 Å². The molecule has 0 saturated carbocycles. The molecule has 1 aliphatic rings. The summed E-state index contributed by atoms with van der Waals surface area (Å²) in [5.41, 5.74) is 5.01. The van der Waals surface area contributed by atoms with Gasteiger partial charge in [0.1, 0.15) is 28.8 Å². The third-order valence-electron chi connectivity index (χ3n) is 5.37. The highest BCUT2D eigenvalue weighted by atomic mass is 16.5. The zero-order valence-electron chi connectivity index (χ0n) is 18.4. The van der Waals surface area contributed by atoms with Crippen molar-refractivity contribution in [3.05, 3.63) is 82.4 Å². The number of benzene rings is 3. The summed E-state index contributed by atoms with van der Waals surface area (Å²) in [5, 5.41) is 0. The monoisotopic (exact) mass is 418 g/mol. The summed E-state index contributed by atoms with van der Waals surface area (Å²) in [4.78, 5) is 0. The molecule has 1 aliphatic heterocycles. The van der Waals surface area contributed by atoms with Crippen molar-refractivity contribution in [2.45, 2.75) is 13.0 Å². The summed E-state index contributed by atoms with van der Waals surface area (Å²) in [6, 6.07) is 17.8. The Morgan fingerprint density at radius 1 is 0.742 bits per heavy atom. The zero-order valence-corrected chi connectivity index (χ0v) is 18.4. The SMILES string of the molecule is COc1ccc(/C=C2/OC(c3cc(C)cc(OC)c3)c3c(OC)cc(OC)cc32)cc1. The highest BCUT2D eigenvalue weighted by Gasteiger charge is 2.34. The van der Waals surface area contributed by atoms with Gasteiger partial charge in [-0.3, -0.25) is 0 Å². The minimum absolute atomic E-state index is 0.325. The number of hydrogen-bond acceptors (Lipinski definition) is 5. The highest BCUT2D eigenvalue weighted by Crippen LogP contribution is 2.49. The minimum Gasteiger partial charge on any atom is -0.497 e. The first kappa shape index (κ1) is 20.7. The summed E-state index contributed by atoms with van der Waals surface area (Å²) in [6.07, 6.45) is 1.69. The van der Waals surface area contributed by atoms with Gasteiger partial charge in [-0.2, -0.15) is 0 Å². The Balaban J connectivity index is 1.87. The van der Waals surface area contributed by atoms with Gasteiger partial charge in [-0.1, -0.05) is 18.2 Å². The van der Waals surface area contributed by atoms with Crippen molar-refractivity contribution < 1.29 is 23.7 Å². The van der Waals surface area contributed by atoms with Crippen molar-refractivity contribution >= 4 is 11.8 Å². The van der Waals surface area contributed by atoms with Crippen molar-refractivity contribution in [3.63, 3.8) is 0 Å². The molecule has 0 fully saturated rings. The highest BCUT2D eigenvalue weighted by molar-refractivity contribution is 5.84. The zero-order chi connectivity index (χ0) is 22.0. The van der Waals surface area contributed by atoms with E-state index in [0.717, 1.165) is 50.8 Å². The standard InChI is InChI=1S/C26H26O5/c1-16-10-18(13-20(11-16)28-3)26-25-22(14-21(29-4)15-24(25)30-5)23(31-26)12-17-6-8-19(27-2)9-7-17/h6-15,26H,1-5H3/b23-12+. The molecular formula is C26H26O5. The molecule has 0 N–H and O–H groups in total. The van der Waals surface area contributed by atoms with Crippen LogP contribution in [0, 0.1) is 6.92 Å². The number of hydrogen-bond donors (Lipinski definition) is 0. The molecule has 4 rings (SSSR count). The predicted molar refractivity (Wildman–Crippen MR) is 121 cm³/mol. The normalized spacial score (nSPS) is 15.9. The molecule has 5 heteroatoms. The number of fused-ring (bicyclic) bond motifs is 1. The fourth-order valence-electron chi connectivity index (χ4n) is 3.86. The predicted octanol–water partition coefficient (Wildman–Crippen LogP) is 5.65. The molecular weight excluding hydrogens is 392 g/mol. The second-order valence-corrected chi connectivity index (χ2v) is 7.35. The van der Waals surface area contributed by atoms with Crippen LogP contribution in [0.4, 0.5) is 0 Å². The maximum Gasteiger partial charge on any atom is 0.153 e. The van der Waals surface area contributed by atoms with Gasteiger partial charge in [0.05, 0.1) is 34.0 Å². The molecule has 0 spiro atoms. The van der Waals surface area contributed by atoms with Gasteiger partial charge in [-0.25, -0.2) is 0 Å². The number of rotatable bonds is 6. The van der Waals surface area contributed by atoms with Gasteiger partial charge >= 0.3 is 0 Å². The second-order valence-electron chi connectivity index (χ2n) is 7.35. The summed E-state index contributed by atoms with van der Waals surface area (Å²) in [6.45, 7) is 2.04. The van der Waals surface area contributed by atoms with E-state index in [1.54, 1.807) is 28.4 Å². The van der Waals surface area contributed by atoms with E-state index in [0.29, 0.717) is 5.75 Å². The largest absolute Gasteiger partial charge is 0.497 e. The van der Waals surface area contributed by atoms with Gasteiger partial charge in [0.15, 0.2) is 6.10 Å². The quantitative estimate of drug-likeness (QED) is 0.518. The first-order valence-electron chi connectivity index (χ1n) is 10.0. The molecule has 0 radical (unpaired) electrons. The first-order chi connectivity index (χ1) is 15.1. The number of methoxy groups -OCH3 is 4. The van der Waals surface area contributed by atoms with Crippen molar-refractivity contribution in [3.8, 4) is 23.0 Å². The first-order valence-corrected chi connectivity index (χ1v) is 10.0. The Labute approximate surface area is 182 Å². The van der Waals surface area contributed by atoms with Gasteiger partial charge in [0.2, 0.25) is 0 Å². The van der Waals surface area contributed by atoms with Crippen molar-refractivity contribution in [2.24, 2.45) is 0 Å². The lowest BCUT2D eigenvalue weighted by Crippen LogP contribution is -2.02. The summed E-state index contributed by atoms with van der Waals surface area (Å²) in [5.74, 6) is 3.78. The Morgan fingerprint density at radius 3 is 2.06 bits per heavy atom. The van der Waals surface area contributed by atoms with Crippen LogP contribution in [0.5, 0.6) is 23.0 Å². The molecule has 31 heavy (non-hydrogen) atoms. The number of ether oxygens (including phenoxy) is 5. The number of aryl methyl sites for hydroxylation is 1. The molecule has 1 heterocycles. The van der Waals surface area contributed by atoms with Crippen LogP contribution < -0.4 is 18.9 Å². The van der Waals surface area contributed by atoms with E-state index >= 15 is 0 Å². The van der Waals surface area contributed by atoms with Gasteiger partial charge in [-0.15, -0.1) is 0 Å². The third-order valence-corrected chi connectivity index (χ3v) is 5.37. The summed E-state index contributed by atoms with van der Waals surface area (Å²) < 4.78 is 28.5. The molecule has 160 valence electrons. The molecule has 1 unspecified atom stereocenters. The van der Waals surface area contributed by atoms with Gasteiger partial charge in [0, 0.05) is 17.2 Å². The van der Waals surface area contributed by atoms with Crippen molar-refractivity contribution in [1.29, 1.82) is 0 Å². The Kier molecular flexibility index (Phi) is 5.76. The molecule has 0 saturated heterocycles. The molecule has 1 atom stereocenters. The average Bonchev–Trinajstić information content (AvgIpc) is 3.16. The van der Waals surface area contributed by atoms with Crippen LogP contribution in [-0.4, -0.2) is 28.4 Å². The summed E-state index contributed by atoms with van der Waals surface area (Å²) >= 11 is 0. The molecule has 0 bridgehead atoms. The lowest BCUT2D eigenvalue weighted by molar-refractivity contribution is 0.225.